The normalized spacial score (nSPS) is 11.9. The zero-order valence-electron chi connectivity index (χ0n) is 21.3. The van der Waals surface area contributed by atoms with Gasteiger partial charge in [-0.25, -0.2) is 0 Å². The first kappa shape index (κ1) is 29.4. The van der Waals surface area contributed by atoms with Crippen LogP contribution in [-0.4, -0.2) is 23.0 Å². The highest BCUT2D eigenvalue weighted by atomic mass is 35.5. The first-order chi connectivity index (χ1) is 19.3. The summed E-state index contributed by atoms with van der Waals surface area (Å²) in [6.45, 7) is 1.93. The van der Waals surface area contributed by atoms with Crippen molar-refractivity contribution in [3.05, 3.63) is 116 Å². The minimum absolute atomic E-state index is 0.109. The molecule has 10 heteroatoms. The Kier molecular flexibility index (Phi) is 10.4. The van der Waals surface area contributed by atoms with Crippen molar-refractivity contribution >= 4 is 81.5 Å². The zero-order valence-corrected chi connectivity index (χ0v) is 24.5. The van der Waals surface area contributed by atoms with Crippen LogP contribution < -0.4 is 16.0 Å². The van der Waals surface area contributed by atoms with E-state index in [4.69, 9.17) is 23.2 Å². The van der Waals surface area contributed by atoms with Gasteiger partial charge in [-0.1, -0.05) is 54.4 Å². The van der Waals surface area contributed by atoms with Gasteiger partial charge in [-0.15, -0.1) is 11.8 Å². The summed E-state index contributed by atoms with van der Waals surface area (Å²) in [5.41, 5.74) is 2.43. The highest BCUT2D eigenvalue weighted by Crippen LogP contribution is 2.30. The second-order valence-corrected chi connectivity index (χ2v) is 11.4. The molecule has 204 valence electrons. The van der Waals surface area contributed by atoms with Crippen LogP contribution >= 0.6 is 46.3 Å². The summed E-state index contributed by atoms with van der Waals surface area (Å²) in [5.74, 6) is -1.03. The predicted molar refractivity (Wildman–Crippen MR) is 166 cm³/mol. The van der Waals surface area contributed by atoms with Gasteiger partial charge in [-0.05, 0) is 83.4 Å². The number of rotatable bonds is 10. The third-order valence-corrected chi connectivity index (χ3v) is 8.40. The molecule has 3 N–H and O–H groups in total. The smallest absolute Gasteiger partial charge is 0.272 e. The van der Waals surface area contributed by atoms with Crippen LogP contribution in [0.15, 0.2) is 100 Å². The molecular weight excluding hydrogens is 585 g/mol. The summed E-state index contributed by atoms with van der Waals surface area (Å²) in [7, 11) is 0. The van der Waals surface area contributed by atoms with Crippen molar-refractivity contribution in [3.8, 4) is 0 Å². The number of halogens is 2. The molecule has 0 aliphatic heterocycles. The minimum Gasteiger partial charge on any atom is -0.325 e. The van der Waals surface area contributed by atoms with Crippen molar-refractivity contribution in [3.63, 3.8) is 0 Å². The Morgan fingerprint density at radius 2 is 1.68 bits per heavy atom. The molecule has 6 nitrogen and oxygen atoms in total. The third kappa shape index (κ3) is 8.22. The van der Waals surface area contributed by atoms with Gasteiger partial charge in [0.2, 0.25) is 5.91 Å². The molecule has 4 aromatic rings. The molecule has 0 aliphatic carbocycles. The number of benzene rings is 3. The van der Waals surface area contributed by atoms with Crippen LogP contribution in [0.25, 0.3) is 6.08 Å². The van der Waals surface area contributed by atoms with E-state index in [1.165, 1.54) is 23.1 Å². The highest BCUT2D eigenvalue weighted by Gasteiger charge is 2.20. The summed E-state index contributed by atoms with van der Waals surface area (Å²) in [6, 6.07) is 22.7. The Labute approximate surface area is 250 Å². The molecule has 3 aromatic carbocycles. The van der Waals surface area contributed by atoms with Crippen LogP contribution in [0, 0.1) is 0 Å². The molecule has 4 rings (SSSR count). The van der Waals surface area contributed by atoms with Gasteiger partial charge in [0.1, 0.15) is 5.70 Å². The Morgan fingerprint density at radius 3 is 2.38 bits per heavy atom. The Hall–Kier alpha value is -3.56. The van der Waals surface area contributed by atoms with Crippen molar-refractivity contribution in [2.24, 2.45) is 0 Å². The summed E-state index contributed by atoms with van der Waals surface area (Å²) in [4.78, 5) is 39.8. The second kappa shape index (κ2) is 14.2. The van der Waals surface area contributed by atoms with E-state index in [9.17, 15) is 14.4 Å². The number of carbonyl (C=O) groups is 3. The molecule has 0 saturated heterocycles. The fraction of sp³-hybridized carbons (Fsp3) is 0.100. The van der Waals surface area contributed by atoms with Gasteiger partial charge < -0.3 is 16.0 Å². The van der Waals surface area contributed by atoms with Crippen molar-refractivity contribution < 1.29 is 14.4 Å². The molecule has 40 heavy (non-hydrogen) atoms. The van der Waals surface area contributed by atoms with Crippen LogP contribution in [0.5, 0.6) is 0 Å². The molecule has 1 atom stereocenters. The minimum atomic E-state index is -0.470. The van der Waals surface area contributed by atoms with Crippen LogP contribution in [0.4, 0.5) is 11.4 Å². The van der Waals surface area contributed by atoms with E-state index in [1.807, 2.05) is 35.9 Å². The van der Waals surface area contributed by atoms with E-state index in [1.54, 1.807) is 66.7 Å². The van der Waals surface area contributed by atoms with Crippen LogP contribution in [-0.2, 0) is 9.59 Å². The number of thiophene rings is 1. The molecule has 3 amide bonds. The lowest BCUT2D eigenvalue weighted by Crippen LogP contribution is -2.30. The fourth-order valence-electron chi connectivity index (χ4n) is 3.59. The molecule has 0 radical (unpaired) electrons. The number of carbonyl (C=O) groups excluding carboxylic acids is 3. The quantitative estimate of drug-likeness (QED) is 0.126. The molecule has 0 spiro atoms. The molecule has 0 aliphatic rings. The number of anilines is 2. The SMILES string of the molecule is CCC(Sc1cccc(NC(=O)/C(=C/c2ccsc2)NC(=O)c2ccccc2)c1)C(=O)Nc1ccc(Cl)c(Cl)c1. The lowest BCUT2D eigenvalue weighted by atomic mass is 10.2. The lowest BCUT2D eigenvalue weighted by molar-refractivity contribution is -0.116. The van der Waals surface area contributed by atoms with E-state index < -0.39 is 5.91 Å². The number of nitrogens with one attached hydrogen (secondary N) is 3. The molecule has 1 unspecified atom stereocenters. The van der Waals surface area contributed by atoms with Gasteiger partial charge in [-0.2, -0.15) is 11.3 Å². The monoisotopic (exact) mass is 609 g/mol. The first-order valence-electron chi connectivity index (χ1n) is 12.3. The van der Waals surface area contributed by atoms with Gasteiger partial charge in [-0.3, -0.25) is 14.4 Å². The molecule has 0 saturated carbocycles. The summed E-state index contributed by atoms with van der Waals surface area (Å²) >= 11 is 14.9. The number of hydrogen-bond donors (Lipinski definition) is 3. The lowest BCUT2D eigenvalue weighted by Gasteiger charge is -2.16. The largest absolute Gasteiger partial charge is 0.325 e. The number of thioether (sulfide) groups is 1. The van der Waals surface area contributed by atoms with Gasteiger partial charge in [0, 0.05) is 21.8 Å². The maximum atomic E-state index is 13.3. The van der Waals surface area contributed by atoms with Crippen molar-refractivity contribution in [1.82, 2.24) is 5.32 Å². The Balaban J connectivity index is 1.46. The number of amides is 3. The molecule has 1 heterocycles. The summed E-state index contributed by atoms with van der Waals surface area (Å²) in [6.07, 6.45) is 2.21. The van der Waals surface area contributed by atoms with E-state index in [0.717, 1.165) is 10.5 Å². The van der Waals surface area contributed by atoms with Crippen LogP contribution in [0.2, 0.25) is 10.0 Å². The summed E-state index contributed by atoms with van der Waals surface area (Å²) < 4.78 is 0. The van der Waals surface area contributed by atoms with E-state index in [0.29, 0.717) is 33.4 Å². The van der Waals surface area contributed by atoms with Crippen LogP contribution in [0.1, 0.15) is 29.3 Å². The van der Waals surface area contributed by atoms with Crippen molar-refractivity contribution in [2.45, 2.75) is 23.5 Å². The topological polar surface area (TPSA) is 87.3 Å². The van der Waals surface area contributed by atoms with Crippen molar-refractivity contribution in [2.75, 3.05) is 10.6 Å². The standard InChI is InChI=1S/C30H25Cl2N3O3S2/c1-2-27(30(38)34-22-11-12-24(31)25(32)17-22)40-23-10-6-9-21(16-23)33-29(37)26(15-19-13-14-39-18-19)35-28(36)20-7-4-3-5-8-20/h3-18,27H,2H2,1H3,(H,33,37)(H,34,38)(H,35,36)/b26-15-. The third-order valence-electron chi connectivity index (χ3n) is 5.60. The maximum Gasteiger partial charge on any atom is 0.272 e. The second-order valence-electron chi connectivity index (χ2n) is 8.55. The summed E-state index contributed by atoms with van der Waals surface area (Å²) in [5, 5.41) is 12.6. The van der Waals surface area contributed by atoms with Gasteiger partial charge in [0.05, 0.1) is 15.3 Å². The fourth-order valence-corrected chi connectivity index (χ4v) is 5.52. The van der Waals surface area contributed by atoms with Gasteiger partial charge in [0.25, 0.3) is 11.8 Å². The zero-order chi connectivity index (χ0) is 28.5. The van der Waals surface area contributed by atoms with Gasteiger partial charge in [0.15, 0.2) is 0 Å². The van der Waals surface area contributed by atoms with E-state index in [2.05, 4.69) is 16.0 Å². The Morgan fingerprint density at radius 1 is 0.900 bits per heavy atom. The molecular formula is C30H25Cl2N3O3S2. The highest BCUT2D eigenvalue weighted by molar-refractivity contribution is 8.00. The predicted octanol–water partition coefficient (Wildman–Crippen LogP) is 7.97. The average molecular weight is 611 g/mol. The van der Waals surface area contributed by atoms with E-state index in [-0.39, 0.29) is 22.8 Å². The van der Waals surface area contributed by atoms with Crippen LogP contribution in [0.3, 0.4) is 0 Å². The van der Waals surface area contributed by atoms with Crippen molar-refractivity contribution in [1.29, 1.82) is 0 Å². The maximum absolute atomic E-state index is 13.3. The first-order valence-corrected chi connectivity index (χ1v) is 14.8. The number of hydrogen-bond acceptors (Lipinski definition) is 5. The van der Waals surface area contributed by atoms with E-state index >= 15 is 0 Å². The molecule has 0 bridgehead atoms. The Bertz CT molecular complexity index is 1530. The molecule has 0 fully saturated rings. The van der Waals surface area contributed by atoms with Gasteiger partial charge >= 0.3 is 0 Å². The average Bonchev–Trinajstić information content (AvgIpc) is 3.47. The molecule has 1 aromatic heterocycles.